The summed E-state index contributed by atoms with van der Waals surface area (Å²) >= 11 is 10.5. The van der Waals surface area contributed by atoms with E-state index in [2.05, 4.69) is 53.9 Å². The number of nitriles is 1. The van der Waals surface area contributed by atoms with Crippen LogP contribution in [0.25, 0.3) is 11.6 Å². The molecule has 0 aromatic heterocycles. The Morgan fingerprint density at radius 2 is 1.72 bits per heavy atom. The molecule has 0 N–H and O–H groups in total. The van der Waals surface area contributed by atoms with Gasteiger partial charge >= 0.3 is 0 Å². The van der Waals surface area contributed by atoms with Crippen molar-refractivity contribution in [2.45, 2.75) is 6.61 Å². The number of allylic oxidation sites excluding steroid dienone is 1. The molecule has 0 aliphatic carbocycles. The molecule has 3 aromatic carbocycles. The van der Waals surface area contributed by atoms with Gasteiger partial charge in [-0.15, -0.1) is 0 Å². The van der Waals surface area contributed by atoms with Crippen molar-refractivity contribution < 1.29 is 9.47 Å². The van der Waals surface area contributed by atoms with Crippen LogP contribution in [0.4, 0.5) is 0 Å². The van der Waals surface area contributed by atoms with Gasteiger partial charge in [-0.3, -0.25) is 0 Å². The molecular formula is C23H16Br3NO2. The van der Waals surface area contributed by atoms with Crippen LogP contribution in [0.2, 0.25) is 0 Å². The molecule has 0 heterocycles. The number of methoxy groups -OCH3 is 1. The van der Waals surface area contributed by atoms with Gasteiger partial charge in [0.1, 0.15) is 6.61 Å². The molecule has 0 atom stereocenters. The Bertz CT molecular complexity index is 1090. The van der Waals surface area contributed by atoms with Crippen molar-refractivity contribution in [3.63, 3.8) is 0 Å². The van der Waals surface area contributed by atoms with Gasteiger partial charge in [-0.2, -0.15) is 5.26 Å². The summed E-state index contributed by atoms with van der Waals surface area (Å²) in [5.74, 6) is 1.23. The molecule has 0 saturated carbocycles. The Balaban J connectivity index is 1.89. The topological polar surface area (TPSA) is 42.2 Å². The first kappa shape index (κ1) is 21.6. The lowest BCUT2D eigenvalue weighted by molar-refractivity contribution is 0.284. The summed E-state index contributed by atoms with van der Waals surface area (Å²) in [5.41, 5.74) is 3.27. The van der Waals surface area contributed by atoms with E-state index >= 15 is 0 Å². The molecule has 0 amide bonds. The first-order valence-corrected chi connectivity index (χ1v) is 11.0. The number of nitrogens with zero attached hydrogens (tertiary/aromatic N) is 1. The third-order valence-electron chi connectivity index (χ3n) is 4.15. The highest BCUT2D eigenvalue weighted by Gasteiger charge is 2.11. The maximum atomic E-state index is 9.63. The minimum atomic E-state index is 0.423. The second-order valence-electron chi connectivity index (χ2n) is 6.12. The molecule has 146 valence electrons. The molecule has 3 aromatic rings. The largest absolute Gasteiger partial charge is 0.493 e. The molecule has 3 rings (SSSR count). The molecule has 29 heavy (non-hydrogen) atoms. The first-order chi connectivity index (χ1) is 14.0. The second kappa shape index (κ2) is 10.1. The summed E-state index contributed by atoms with van der Waals surface area (Å²) in [6.07, 6.45) is 1.83. The summed E-state index contributed by atoms with van der Waals surface area (Å²) < 4.78 is 14.2. The van der Waals surface area contributed by atoms with Gasteiger partial charge < -0.3 is 9.47 Å². The zero-order valence-corrected chi connectivity index (χ0v) is 20.2. The Morgan fingerprint density at radius 3 is 2.38 bits per heavy atom. The predicted octanol–water partition coefficient (Wildman–Crippen LogP) is 7.63. The van der Waals surface area contributed by atoms with E-state index < -0.39 is 0 Å². The molecule has 0 saturated heterocycles. The second-order valence-corrected chi connectivity index (χ2v) is 8.81. The quantitative estimate of drug-likeness (QED) is 0.223. The SMILES string of the molecule is COc1cc(/C=C(\C#N)c2cccc(Br)c2)c(Br)cc1OCc1ccc(Br)cc1. The van der Waals surface area contributed by atoms with Crippen LogP contribution in [0.3, 0.4) is 0 Å². The van der Waals surface area contributed by atoms with Gasteiger partial charge in [0.05, 0.1) is 18.8 Å². The van der Waals surface area contributed by atoms with E-state index in [1.165, 1.54) is 0 Å². The Hall–Kier alpha value is -2.07. The normalized spacial score (nSPS) is 11.1. The highest BCUT2D eigenvalue weighted by molar-refractivity contribution is 9.11. The highest BCUT2D eigenvalue weighted by Crippen LogP contribution is 2.36. The third kappa shape index (κ3) is 5.72. The molecular weight excluding hydrogens is 562 g/mol. The van der Waals surface area contributed by atoms with Crippen molar-refractivity contribution in [1.29, 1.82) is 5.26 Å². The van der Waals surface area contributed by atoms with Crippen molar-refractivity contribution in [2.75, 3.05) is 7.11 Å². The zero-order valence-electron chi connectivity index (χ0n) is 15.5. The fourth-order valence-electron chi connectivity index (χ4n) is 2.67. The first-order valence-electron chi connectivity index (χ1n) is 8.62. The monoisotopic (exact) mass is 575 g/mol. The van der Waals surface area contributed by atoms with Crippen LogP contribution < -0.4 is 9.47 Å². The van der Waals surface area contributed by atoms with Crippen LogP contribution in [-0.2, 0) is 6.61 Å². The zero-order chi connectivity index (χ0) is 20.8. The Kier molecular flexibility index (Phi) is 7.54. The fourth-order valence-corrected chi connectivity index (χ4v) is 3.77. The number of ether oxygens (including phenoxy) is 2. The van der Waals surface area contributed by atoms with E-state index in [9.17, 15) is 5.26 Å². The van der Waals surface area contributed by atoms with Crippen LogP contribution in [0.5, 0.6) is 11.5 Å². The molecule has 0 unspecified atom stereocenters. The van der Waals surface area contributed by atoms with Crippen LogP contribution in [-0.4, -0.2) is 7.11 Å². The predicted molar refractivity (Wildman–Crippen MR) is 127 cm³/mol. The molecule has 0 aliphatic heterocycles. The van der Waals surface area contributed by atoms with E-state index in [0.29, 0.717) is 23.7 Å². The maximum absolute atomic E-state index is 9.63. The van der Waals surface area contributed by atoms with Gasteiger partial charge in [0.2, 0.25) is 0 Å². The summed E-state index contributed by atoms with van der Waals surface area (Å²) in [7, 11) is 1.60. The number of hydrogen-bond acceptors (Lipinski definition) is 3. The smallest absolute Gasteiger partial charge is 0.162 e. The minimum absolute atomic E-state index is 0.423. The number of rotatable bonds is 6. The number of halogens is 3. The van der Waals surface area contributed by atoms with Crippen LogP contribution in [0.15, 0.2) is 74.1 Å². The van der Waals surface area contributed by atoms with Gasteiger partial charge in [-0.05, 0) is 59.2 Å². The van der Waals surface area contributed by atoms with Gasteiger partial charge in [0.25, 0.3) is 0 Å². The Labute approximate surface area is 195 Å². The Morgan fingerprint density at radius 1 is 0.966 bits per heavy atom. The lowest BCUT2D eigenvalue weighted by atomic mass is 10.0. The van der Waals surface area contributed by atoms with Gasteiger partial charge in [0.15, 0.2) is 11.5 Å². The maximum Gasteiger partial charge on any atom is 0.162 e. The van der Waals surface area contributed by atoms with Crippen molar-refractivity contribution in [2.24, 2.45) is 0 Å². The van der Waals surface area contributed by atoms with Crippen LogP contribution >= 0.6 is 47.8 Å². The molecule has 0 bridgehead atoms. The molecule has 0 spiro atoms. The van der Waals surface area contributed by atoms with Gasteiger partial charge in [-0.25, -0.2) is 0 Å². The number of benzene rings is 3. The average Bonchev–Trinajstić information content (AvgIpc) is 2.72. The van der Waals surface area contributed by atoms with Crippen LogP contribution in [0, 0.1) is 11.3 Å². The lowest BCUT2D eigenvalue weighted by Gasteiger charge is -2.13. The van der Waals surface area contributed by atoms with E-state index in [1.54, 1.807) is 7.11 Å². The summed E-state index contributed by atoms with van der Waals surface area (Å²) in [5, 5.41) is 9.63. The van der Waals surface area contributed by atoms with Crippen molar-refractivity contribution in [3.05, 3.63) is 90.8 Å². The van der Waals surface area contributed by atoms with E-state index in [0.717, 1.165) is 30.1 Å². The summed E-state index contributed by atoms with van der Waals surface area (Å²) in [4.78, 5) is 0. The van der Waals surface area contributed by atoms with E-state index in [-0.39, 0.29) is 0 Å². The van der Waals surface area contributed by atoms with Crippen LogP contribution in [0.1, 0.15) is 16.7 Å². The number of hydrogen-bond donors (Lipinski definition) is 0. The molecule has 0 fully saturated rings. The van der Waals surface area contributed by atoms with E-state index in [1.807, 2.05) is 66.7 Å². The molecule has 0 radical (unpaired) electrons. The van der Waals surface area contributed by atoms with Gasteiger partial charge in [0, 0.05) is 13.4 Å². The molecule has 6 heteroatoms. The fraction of sp³-hybridized carbons (Fsp3) is 0.0870. The van der Waals surface area contributed by atoms with Crippen molar-refractivity contribution in [1.82, 2.24) is 0 Å². The third-order valence-corrected chi connectivity index (χ3v) is 5.86. The standard InChI is InChI=1S/C23H16Br3NO2/c1-28-22-11-17(9-18(13-27)16-3-2-4-20(25)10-16)21(26)12-23(22)29-14-15-5-7-19(24)8-6-15/h2-12H,14H2,1H3/b18-9+. The molecule has 0 aliphatic rings. The van der Waals surface area contributed by atoms with Gasteiger partial charge in [-0.1, -0.05) is 72.1 Å². The van der Waals surface area contributed by atoms with E-state index in [4.69, 9.17) is 9.47 Å². The average molecular weight is 578 g/mol. The van der Waals surface area contributed by atoms with Crippen molar-refractivity contribution in [3.8, 4) is 17.6 Å². The summed E-state index contributed by atoms with van der Waals surface area (Å²) in [6.45, 7) is 0.423. The lowest BCUT2D eigenvalue weighted by Crippen LogP contribution is -1.98. The van der Waals surface area contributed by atoms with Crippen molar-refractivity contribution >= 4 is 59.4 Å². The molecule has 3 nitrogen and oxygen atoms in total. The highest BCUT2D eigenvalue weighted by atomic mass is 79.9. The minimum Gasteiger partial charge on any atom is -0.493 e. The summed E-state index contributed by atoms with van der Waals surface area (Å²) in [6, 6.07) is 21.6.